The Labute approximate surface area is 198 Å². The molecular formula is C27H32FNO3S. The minimum Gasteiger partial charge on any atom is -0.480 e. The highest BCUT2D eigenvalue weighted by Crippen LogP contribution is 2.70. The largest absolute Gasteiger partial charge is 0.480 e. The number of carboxylic acid groups (broad SMARTS) is 1. The van der Waals surface area contributed by atoms with Gasteiger partial charge in [-0.05, 0) is 108 Å². The number of thioether (sulfide) groups is 1. The van der Waals surface area contributed by atoms with Crippen LogP contribution < -0.4 is 5.73 Å². The van der Waals surface area contributed by atoms with Crippen molar-refractivity contribution in [2.24, 2.45) is 34.8 Å². The Morgan fingerprint density at radius 2 is 2.03 bits per heavy atom. The molecule has 0 aromatic heterocycles. The van der Waals surface area contributed by atoms with E-state index in [2.05, 4.69) is 6.58 Å². The molecule has 0 saturated heterocycles. The summed E-state index contributed by atoms with van der Waals surface area (Å²) in [7, 11) is 0. The third-order valence-electron chi connectivity index (χ3n) is 9.24. The molecule has 0 spiro atoms. The molecule has 0 amide bonds. The number of hydrogen-bond acceptors (Lipinski definition) is 4. The fourth-order valence-electron chi connectivity index (χ4n) is 8.24. The zero-order valence-electron chi connectivity index (χ0n) is 19.3. The average Bonchev–Trinajstić information content (AvgIpc) is 3.07. The fraction of sp³-hybridized carbons (Fsp3) is 0.556. The lowest BCUT2D eigenvalue weighted by molar-refractivity contribution is -0.160. The Morgan fingerprint density at radius 1 is 1.36 bits per heavy atom. The summed E-state index contributed by atoms with van der Waals surface area (Å²) in [5, 5.41) is 10.1. The number of carboxylic acids is 1. The number of halogens is 1. The Balaban J connectivity index is 1.73. The van der Waals surface area contributed by atoms with Crippen LogP contribution >= 0.6 is 11.8 Å². The summed E-state index contributed by atoms with van der Waals surface area (Å²) in [6.45, 7) is 6.07. The van der Waals surface area contributed by atoms with E-state index < -0.39 is 22.8 Å². The minimum atomic E-state index is -1.94. The van der Waals surface area contributed by atoms with E-state index in [4.69, 9.17) is 5.73 Å². The number of benzene rings is 1. The first-order valence-corrected chi connectivity index (χ1v) is 13.2. The number of carbonyl (C=O) groups is 2. The topological polar surface area (TPSA) is 80.4 Å². The first kappa shape index (κ1) is 22.9. The van der Waals surface area contributed by atoms with Gasteiger partial charge in [0.05, 0.1) is 0 Å². The second kappa shape index (κ2) is 7.81. The highest BCUT2D eigenvalue weighted by atomic mass is 32.2. The van der Waals surface area contributed by atoms with Gasteiger partial charge in [-0.25, -0.2) is 9.18 Å². The van der Waals surface area contributed by atoms with Gasteiger partial charge in [0.15, 0.2) is 11.8 Å². The highest BCUT2D eigenvalue weighted by molar-refractivity contribution is 7.98. The van der Waals surface area contributed by atoms with Crippen LogP contribution in [0.4, 0.5) is 4.39 Å². The predicted molar refractivity (Wildman–Crippen MR) is 130 cm³/mol. The molecule has 33 heavy (non-hydrogen) atoms. The van der Waals surface area contributed by atoms with E-state index in [-0.39, 0.29) is 11.7 Å². The van der Waals surface area contributed by atoms with Gasteiger partial charge < -0.3 is 15.6 Å². The average molecular weight is 470 g/mol. The van der Waals surface area contributed by atoms with E-state index in [1.165, 1.54) is 6.42 Å². The second-order valence-electron chi connectivity index (χ2n) is 10.9. The molecule has 3 N–H and O–H groups in total. The Bertz CT molecular complexity index is 1070. The van der Waals surface area contributed by atoms with Gasteiger partial charge >= 0.3 is 5.97 Å². The van der Waals surface area contributed by atoms with Crippen LogP contribution in [-0.4, -0.2) is 34.9 Å². The summed E-state index contributed by atoms with van der Waals surface area (Å²) >= 11 is 1.56. The fourth-order valence-corrected chi connectivity index (χ4v) is 9.18. The zero-order valence-corrected chi connectivity index (χ0v) is 20.1. The molecule has 5 aliphatic carbocycles. The number of aliphatic carboxylic acids is 1. The molecule has 0 aliphatic heterocycles. The molecule has 6 heteroatoms. The van der Waals surface area contributed by atoms with Gasteiger partial charge in [-0.1, -0.05) is 18.7 Å². The van der Waals surface area contributed by atoms with Crippen molar-refractivity contribution < 1.29 is 19.1 Å². The van der Waals surface area contributed by atoms with Gasteiger partial charge in [-0.15, -0.1) is 0 Å². The number of hydrogen-bond donors (Lipinski definition) is 2. The maximum absolute atomic E-state index is 14.9. The normalized spacial score (nSPS) is 34.5. The van der Waals surface area contributed by atoms with E-state index in [9.17, 15) is 19.1 Å². The van der Waals surface area contributed by atoms with E-state index in [1.54, 1.807) is 17.8 Å². The summed E-state index contributed by atoms with van der Waals surface area (Å²) in [6.07, 6.45) is 9.60. The molecule has 176 valence electrons. The summed E-state index contributed by atoms with van der Waals surface area (Å²) < 4.78 is 14.9. The van der Waals surface area contributed by atoms with Crippen LogP contribution in [0.1, 0.15) is 61.6 Å². The summed E-state index contributed by atoms with van der Waals surface area (Å²) in [4.78, 5) is 24.6. The molecule has 5 atom stereocenters. The lowest BCUT2D eigenvalue weighted by atomic mass is 9.39. The Hall–Kier alpha value is -1.92. The quantitative estimate of drug-likeness (QED) is 0.428. The summed E-state index contributed by atoms with van der Waals surface area (Å²) in [6, 6.07) is 3.45. The predicted octanol–water partition coefficient (Wildman–Crippen LogP) is 5.13. The van der Waals surface area contributed by atoms with Gasteiger partial charge in [0.1, 0.15) is 5.82 Å². The SMILES string of the molecule is C=C1C(C)=Cc2c(C3C4CC5CC(C4)CC3(C(CSC)C(N)(C=O)C(=O)O)C5)ccc(F)c21. The van der Waals surface area contributed by atoms with Crippen molar-refractivity contribution in [3.8, 4) is 0 Å². The number of aldehydes is 1. The maximum Gasteiger partial charge on any atom is 0.331 e. The number of rotatable bonds is 7. The molecule has 4 fully saturated rings. The van der Waals surface area contributed by atoms with Crippen molar-refractivity contribution in [1.29, 1.82) is 0 Å². The maximum atomic E-state index is 14.9. The third kappa shape index (κ3) is 3.13. The lowest BCUT2D eigenvalue weighted by Crippen LogP contribution is -2.66. The molecule has 4 nitrogen and oxygen atoms in total. The number of carbonyl (C=O) groups excluding carboxylic acids is 1. The molecule has 5 unspecified atom stereocenters. The smallest absolute Gasteiger partial charge is 0.331 e. The van der Waals surface area contributed by atoms with Crippen molar-refractivity contribution in [2.45, 2.75) is 50.5 Å². The van der Waals surface area contributed by atoms with E-state index in [1.807, 2.05) is 25.3 Å². The third-order valence-corrected chi connectivity index (χ3v) is 9.91. The zero-order chi connectivity index (χ0) is 23.7. The molecule has 6 rings (SSSR count). The molecule has 1 aromatic rings. The van der Waals surface area contributed by atoms with Crippen LogP contribution in [0.3, 0.4) is 0 Å². The van der Waals surface area contributed by atoms with E-state index in [0.717, 1.165) is 48.0 Å². The first-order chi connectivity index (χ1) is 15.7. The standard InChI is InChI=1S/C27H32FNO3S/c1-14-6-20-19(4-5-21(28)23(20)15(14)2)24-18-8-16-7-17(9-18)11-26(24,10-16)22(12-33-3)27(29,13-30)25(31)32/h4-6,13,16-18,22,24H,2,7-12,29H2,1,3H3,(H,31,32). The molecule has 1 aromatic carbocycles. The van der Waals surface area contributed by atoms with Crippen LogP contribution in [0.2, 0.25) is 0 Å². The van der Waals surface area contributed by atoms with Crippen molar-refractivity contribution in [3.05, 3.63) is 46.8 Å². The molecule has 4 bridgehead atoms. The molecule has 0 heterocycles. The van der Waals surface area contributed by atoms with Gasteiger partial charge in [0.25, 0.3) is 0 Å². The van der Waals surface area contributed by atoms with Crippen LogP contribution in [-0.2, 0) is 9.59 Å². The number of nitrogens with two attached hydrogens (primary N) is 1. The minimum absolute atomic E-state index is 0.0500. The van der Waals surface area contributed by atoms with Crippen molar-refractivity contribution in [3.63, 3.8) is 0 Å². The molecular weight excluding hydrogens is 437 g/mol. The lowest BCUT2D eigenvalue weighted by Gasteiger charge is -2.65. The Morgan fingerprint density at radius 3 is 2.61 bits per heavy atom. The molecule has 4 saturated carbocycles. The van der Waals surface area contributed by atoms with Crippen LogP contribution in [0.5, 0.6) is 0 Å². The van der Waals surface area contributed by atoms with Gasteiger partial charge in [0, 0.05) is 11.5 Å². The monoisotopic (exact) mass is 469 g/mol. The highest BCUT2D eigenvalue weighted by Gasteiger charge is 2.65. The number of fused-ring (bicyclic) bond motifs is 1. The van der Waals surface area contributed by atoms with Gasteiger partial charge in [0.2, 0.25) is 0 Å². The Kier molecular flexibility index (Phi) is 5.41. The van der Waals surface area contributed by atoms with Gasteiger partial charge in [-0.3, -0.25) is 0 Å². The molecule has 0 radical (unpaired) electrons. The van der Waals surface area contributed by atoms with Crippen LogP contribution in [0.25, 0.3) is 11.6 Å². The summed E-state index contributed by atoms with van der Waals surface area (Å²) in [5.74, 6) is 0.00794. The first-order valence-electron chi connectivity index (χ1n) is 11.8. The van der Waals surface area contributed by atoms with Crippen LogP contribution in [0, 0.1) is 34.9 Å². The van der Waals surface area contributed by atoms with Gasteiger partial charge in [-0.2, -0.15) is 11.8 Å². The van der Waals surface area contributed by atoms with E-state index >= 15 is 0 Å². The van der Waals surface area contributed by atoms with Crippen molar-refractivity contribution >= 4 is 35.7 Å². The van der Waals surface area contributed by atoms with E-state index in [0.29, 0.717) is 35.4 Å². The van der Waals surface area contributed by atoms with Crippen molar-refractivity contribution in [2.75, 3.05) is 12.0 Å². The second-order valence-corrected chi connectivity index (χ2v) is 11.8. The number of allylic oxidation sites excluding steroid dienone is 2. The summed E-state index contributed by atoms with van der Waals surface area (Å²) in [5.41, 5.74) is 8.33. The molecule has 5 aliphatic rings. The van der Waals surface area contributed by atoms with Crippen molar-refractivity contribution in [1.82, 2.24) is 0 Å². The van der Waals surface area contributed by atoms with Crippen LogP contribution in [0.15, 0.2) is 24.3 Å².